The zero-order chi connectivity index (χ0) is 13.0. The molecule has 0 saturated heterocycles. The lowest BCUT2D eigenvalue weighted by Crippen LogP contribution is -2.34. The zero-order valence-electron chi connectivity index (χ0n) is 9.90. The number of halogens is 1. The molecule has 94 valence electrons. The van der Waals surface area contributed by atoms with E-state index in [1.165, 1.54) is 6.07 Å². The molecule has 0 aromatic heterocycles. The van der Waals surface area contributed by atoms with Crippen LogP contribution in [0.4, 0.5) is 10.1 Å². The molecule has 1 rings (SSSR count). The van der Waals surface area contributed by atoms with Crippen LogP contribution in [0.1, 0.15) is 30.6 Å². The first-order valence-electron chi connectivity index (χ1n) is 5.43. The third-order valence-electron chi connectivity index (χ3n) is 2.25. The first kappa shape index (κ1) is 13.4. The van der Waals surface area contributed by atoms with Crippen molar-refractivity contribution in [1.29, 1.82) is 0 Å². The molecule has 1 aromatic rings. The molecule has 0 saturated carbocycles. The Hall–Kier alpha value is -1.62. The summed E-state index contributed by atoms with van der Waals surface area (Å²) < 4.78 is 13.0. The second-order valence-electron chi connectivity index (χ2n) is 4.23. The third kappa shape index (κ3) is 4.40. The molecule has 5 heteroatoms. The average molecular weight is 240 g/mol. The van der Waals surface area contributed by atoms with Crippen LogP contribution < -0.4 is 11.1 Å². The molecule has 0 spiro atoms. The molecule has 2 unspecified atom stereocenters. The Kier molecular flexibility index (Phi) is 4.45. The summed E-state index contributed by atoms with van der Waals surface area (Å²) in [6.45, 7) is 3.41. The molecule has 4 N–H and O–H groups in total. The standard InChI is InChI=1S/C12H17FN2O2/c1-7(3-8(2)16)15-12(17)9-4-10(13)6-11(14)5-9/h4-8,16H,3,14H2,1-2H3,(H,15,17). The lowest BCUT2D eigenvalue weighted by Gasteiger charge is -2.15. The smallest absolute Gasteiger partial charge is 0.251 e. The molecule has 0 heterocycles. The minimum Gasteiger partial charge on any atom is -0.399 e. The van der Waals surface area contributed by atoms with Crippen LogP contribution in [0, 0.1) is 5.82 Å². The number of amides is 1. The summed E-state index contributed by atoms with van der Waals surface area (Å²) >= 11 is 0. The number of benzene rings is 1. The Morgan fingerprint density at radius 1 is 1.47 bits per heavy atom. The van der Waals surface area contributed by atoms with E-state index in [0.717, 1.165) is 12.1 Å². The number of anilines is 1. The van der Waals surface area contributed by atoms with Gasteiger partial charge in [-0.3, -0.25) is 4.79 Å². The van der Waals surface area contributed by atoms with Gasteiger partial charge < -0.3 is 16.2 Å². The number of carbonyl (C=O) groups excluding carboxylic acids is 1. The molecule has 0 bridgehead atoms. The fraction of sp³-hybridized carbons (Fsp3) is 0.417. The summed E-state index contributed by atoms with van der Waals surface area (Å²) in [4.78, 5) is 11.7. The number of nitrogens with two attached hydrogens (primary N) is 1. The molecular formula is C12H17FN2O2. The van der Waals surface area contributed by atoms with Crippen LogP contribution in [-0.2, 0) is 0 Å². The van der Waals surface area contributed by atoms with E-state index in [2.05, 4.69) is 5.32 Å². The van der Waals surface area contributed by atoms with Gasteiger partial charge in [0.05, 0.1) is 6.10 Å². The third-order valence-corrected chi connectivity index (χ3v) is 2.25. The number of rotatable bonds is 4. The predicted molar refractivity (Wildman–Crippen MR) is 64.0 cm³/mol. The number of hydrogen-bond acceptors (Lipinski definition) is 3. The van der Waals surface area contributed by atoms with E-state index in [0.29, 0.717) is 6.42 Å². The van der Waals surface area contributed by atoms with E-state index in [4.69, 9.17) is 10.8 Å². The highest BCUT2D eigenvalue weighted by atomic mass is 19.1. The maximum Gasteiger partial charge on any atom is 0.251 e. The molecule has 17 heavy (non-hydrogen) atoms. The van der Waals surface area contributed by atoms with Gasteiger partial charge in [0, 0.05) is 17.3 Å². The quantitative estimate of drug-likeness (QED) is 0.694. The van der Waals surface area contributed by atoms with Gasteiger partial charge in [-0.15, -0.1) is 0 Å². The van der Waals surface area contributed by atoms with Crippen LogP contribution in [-0.4, -0.2) is 23.2 Å². The fourth-order valence-corrected chi connectivity index (χ4v) is 1.62. The van der Waals surface area contributed by atoms with Crippen LogP contribution in [0.3, 0.4) is 0 Å². The molecule has 0 fully saturated rings. The lowest BCUT2D eigenvalue weighted by atomic mass is 10.1. The van der Waals surface area contributed by atoms with Crippen LogP contribution >= 0.6 is 0 Å². The van der Waals surface area contributed by atoms with E-state index in [-0.39, 0.29) is 17.3 Å². The van der Waals surface area contributed by atoms with Crippen LogP contribution in [0.5, 0.6) is 0 Å². The molecule has 1 aromatic carbocycles. The van der Waals surface area contributed by atoms with Crippen molar-refractivity contribution in [3.63, 3.8) is 0 Å². The SMILES string of the molecule is CC(O)CC(C)NC(=O)c1cc(N)cc(F)c1. The minimum absolute atomic E-state index is 0.181. The Bertz CT molecular complexity index is 387. The van der Waals surface area contributed by atoms with Crippen molar-refractivity contribution in [3.8, 4) is 0 Å². The molecular weight excluding hydrogens is 223 g/mol. The highest BCUT2D eigenvalue weighted by molar-refractivity contribution is 5.95. The summed E-state index contributed by atoms with van der Waals surface area (Å²) in [5, 5.41) is 11.8. The first-order chi connectivity index (χ1) is 7.88. The summed E-state index contributed by atoms with van der Waals surface area (Å²) in [6.07, 6.45) is -0.0563. The van der Waals surface area contributed by atoms with Gasteiger partial charge >= 0.3 is 0 Å². The maximum absolute atomic E-state index is 13.0. The number of hydrogen-bond donors (Lipinski definition) is 3. The van der Waals surface area contributed by atoms with Crippen molar-refractivity contribution in [2.24, 2.45) is 0 Å². The van der Waals surface area contributed by atoms with E-state index in [1.807, 2.05) is 0 Å². The van der Waals surface area contributed by atoms with Gasteiger partial charge in [-0.25, -0.2) is 4.39 Å². The van der Waals surface area contributed by atoms with Crippen molar-refractivity contribution >= 4 is 11.6 Å². The average Bonchev–Trinajstić information content (AvgIpc) is 2.14. The van der Waals surface area contributed by atoms with E-state index < -0.39 is 17.8 Å². The van der Waals surface area contributed by atoms with E-state index in [9.17, 15) is 9.18 Å². The number of nitrogens with one attached hydrogen (secondary N) is 1. The highest BCUT2D eigenvalue weighted by Gasteiger charge is 2.12. The Labute approximate surface area is 99.6 Å². The molecule has 1 amide bonds. The molecule has 0 aliphatic carbocycles. The number of aliphatic hydroxyl groups excluding tert-OH is 1. The van der Waals surface area contributed by atoms with Gasteiger partial charge in [-0.05, 0) is 38.5 Å². The van der Waals surface area contributed by atoms with E-state index >= 15 is 0 Å². The number of aliphatic hydroxyl groups is 1. The second-order valence-corrected chi connectivity index (χ2v) is 4.23. The fourth-order valence-electron chi connectivity index (χ4n) is 1.62. The Morgan fingerprint density at radius 2 is 2.12 bits per heavy atom. The van der Waals surface area contributed by atoms with Gasteiger partial charge in [-0.1, -0.05) is 0 Å². The highest BCUT2D eigenvalue weighted by Crippen LogP contribution is 2.11. The Morgan fingerprint density at radius 3 is 2.65 bits per heavy atom. The number of nitrogen functional groups attached to an aromatic ring is 1. The van der Waals surface area contributed by atoms with Gasteiger partial charge in [0.15, 0.2) is 0 Å². The van der Waals surface area contributed by atoms with Gasteiger partial charge in [-0.2, -0.15) is 0 Å². The largest absolute Gasteiger partial charge is 0.399 e. The van der Waals surface area contributed by atoms with Gasteiger partial charge in [0.2, 0.25) is 0 Å². The maximum atomic E-state index is 13.0. The van der Waals surface area contributed by atoms with Crippen LogP contribution in [0.2, 0.25) is 0 Å². The summed E-state index contributed by atoms with van der Waals surface area (Å²) in [7, 11) is 0. The molecule has 4 nitrogen and oxygen atoms in total. The Balaban J connectivity index is 2.69. The summed E-state index contributed by atoms with van der Waals surface area (Å²) in [5.74, 6) is -0.942. The van der Waals surface area contributed by atoms with Gasteiger partial charge in [0.1, 0.15) is 5.82 Å². The molecule has 0 radical (unpaired) electrons. The van der Waals surface area contributed by atoms with Crippen molar-refractivity contribution in [1.82, 2.24) is 5.32 Å². The zero-order valence-corrected chi connectivity index (χ0v) is 9.90. The van der Waals surface area contributed by atoms with Crippen molar-refractivity contribution in [3.05, 3.63) is 29.6 Å². The van der Waals surface area contributed by atoms with Gasteiger partial charge in [0.25, 0.3) is 5.91 Å². The normalized spacial score (nSPS) is 14.1. The summed E-state index contributed by atoms with van der Waals surface area (Å²) in [5.41, 5.74) is 5.84. The summed E-state index contributed by atoms with van der Waals surface area (Å²) in [6, 6.07) is 3.50. The second kappa shape index (κ2) is 5.63. The molecule has 0 aliphatic rings. The number of carbonyl (C=O) groups is 1. The predicted octanol–water partition coefficient (Wildman–Crippen LogP) is 1.30. The van der Waals surface area contributed by atoms with E-state index in [1.54, 1.807) is 13.8 Å². The van der Waals surface area contributed by atoms with Crippen molar-refractivity contribution in [2.75, 3.05) is 5.73 Å². The van der Waals surface area contributed by atoms with Crippen LogP contribution in [0.15, 0.2) is 18.2 Å². The monoisotopic (exact) mass is 240 g/mol. The minimum atomic E-state index is -0.543. The molecule has 2 atom stereocenters. The first-order valence-corrected chi connectivity index (χ1v) is 5.43. The van der Waals surface area contributed by atoms with Crippen LogP contribution in [0.25, 0.3) is 0 Å². The van der Waals surface area contributed by atoms with Crippen molar-refractivity contribution < 1.29 is 14.3 Å². The lowest BCUT2D eigenvalue weighted by molar-refractivity contribution is 0.0922. The van der Waals surface area contributed by atoms with Crippen molar-refractivity contribution in [2.45, 2.75) is 32.4 Å². The topological polar surface area (TPSA) is 75.3 Å². The molecule has 0 aliphatic heterocycles.